The highest BCUT2D eigenvalue weighted by Gasteiger charge is 2.32. The van der Waals surface area contributed by atoms with Gasteiger partial charge in [0, 0.05) is 23.0 Å². The maximum Gasteiger partial charge on any atom is 0.277 e. The minimum atomic E-state index is -3.01. The summed E-state index contributed by atoms with van der Waals surface area (Å²) in [4.78, 5) is 12.9. The van der Waals surface area contributed by atoms with Crippen molar-refractivity contribution >= 4 is 27.4 Å². The Morgan fingerprint density at radius 1 is 1.21 bits per heavy atom. The number of rotatable bonds is 6. The van der Waals surface area contributed by atoms with E-state index in [4.69, 9.17) is 13.9 Å². The van der Waals surface area contributed by atoms with Gasteiger partial charge in [0.25, 0.3) is 11.1 Å². The van der Waals surface area contributed by atoms with Gasteiger partial charge >= 0.3 is 0 Å². The molecule has 0 radical (unpaired) electrons. The summed E-state index contributed by atoms with van der Waals surface area (Å²) in [6.07, 6.45) is 0.0579. The molecule has 174 valence electrons. The van der Waals surface area contributed by atoms with E-state index < -0.39 is 15.9 Å². The van der Waals surface area contributed by atoms with Gasteiger partial charge in [0.2, 0.25) is 6.10 Å². The maximum atomic E-state index is 12.9. The predicted molar refractivity (Wildman–Crippen MR) is 121 cm³/mol. The first-order valence-corrected chi connectivity index (χ1v) is 13.4. The van der Waals surface area contributed by atoms with E-state index in [2.05, 4.69) is 10.2 Å². The monoisotopic (exact) mass is 489 g/mol. The van der Waals surface area contributed by atoms with Crippen molar-refractivity contribution in [1.82, 2.24) is 14.8 Å². The lowest BCUT2D eigenvalue weighted by Gasteiger charge is -2.23. The zero-order chi connectivity index (χ0) is 23.2. The molecule has 4 heterocycles. The van der Waals surface area contributed by atoms with Crippen molar-refractivity contribution in [3.63, 3.8) is 0 Å². The summed E-state index contributed by atoms with van der Waals surface area (Å²) >= 11 is 1.16. The molecule has 9 nitrogen and oxygen atoms in total. The van der Waals surface area contributed by atoms with Crippen molar-refractivity contribution in [3.8, 4) is 11.5 Å². The number of hydrogen-bond donors (Lipinski definition) is 0. The number of carbonyl (C=O) groups is 1. The van der Waals surface area contributed by atoms with Gasteiger partial charge < -0.3 is 18.5 Å². The van der Waals surface area contributed by atoms with Crippen molar-refractivity contribution in [1.29, 1.82) is 0 Å². The lowest BCUT2D eigenvalue weighted by Crippen LogP contribution is -2.21. The Bertz CT molecular complexity index is 1310. The van der Waals surface area contributed by atoms with Gasteiger partial charge in [-0.1, -0.05) is 23.9 Å². The molecule has 0 spiro atoms. The fourth-order valence-electron chi connectivity index (χ4n) is 4.36. The molecule has 2 aromatic heterocycles. The number of benzene rings is 1. The molecule has 11 heteroatoms. The average Bonchev–Trinajstić information content (AvgIpc) is 3.49. The molecular formula is C22H23N3O6S2. The second kappa shape index (κ2) is 8.53. The number of aromatic nitrogens is 3. The second-order valence-electron chi connectivity index (χ2n) is 8.19. The van der Waals surface area contributed by atoms with Gasteiger partial charge in [-0.25, -0.2) is 8.42 Å². The van der Waals surface area contributed by atoms with Crippen LogP contribution in [0.4, 0.5) is 0 Å². The molecule has 2 aliphatic rings. The maximum absolute atomic E-state index is 12.9. The van der Waals surface area contributed by atoms with E-state index in [-0.39, 0.29) is 40.9 Å². The summed E-state index contributed by atoms with van der Waals surface area (Å²) in [7, 11) is -3.01. The third kappa shape index (κ3) is 4.39. The highest BCUT2D eigenvalue weighted by atomic mass is 32.2. The summed E-state index contributed by atoms with van der Waals surface area (Å²) in [6, 6.07) is 9.07. The number of Topliss-reactive ketones (excluding diaryl/α,β-unsaturated/α-hetero) is 1. The first kappa shape index (κ1) is 22.0. The van der Waals surface area contributed by atoms with Crippen LogP contribution in [0.25, 0.3) is 0 Å². The average molecular weight is 490 g/mol. The van der Waals surface area contributed by atoms with Crippen LogP contribution in [0.2, 0.25) is 0 Å². The summed E-state index contributed by atoms with van der Waals surface area (Å²) in [5, 5.41) is 8.35. The SMILES string of the molecule is Cc1cc(C(=O)CSc2nnc([C@@H]3COc4ccccc4O3)o2)c(C)n1[C@@H]1CCS(=O)(=O)C1. The van der Waals surface area contributed by atoms with Crippen LogP contribution in [0, 0.1) is 13.8 Å². The highest BCUT2D eigenvalue weighted by molar-refractivity contribution is 7.99. The van der Waals surface area contributed by atoms with E-state index in [1.54, 1.807) is 0 Å². The van der Waals surface area contributed by atoms with Crippen LogP contribution in [-0.2, 0) is 9.84 Å². The Hall–Kier alpha value is -2.79. The smallest absolute Gasteiger partial charge is 0.277 e. The predicted octanol–water partition coefficient (Wildman–Crippen LogP) is 3.34. The molecule has 1 aromatic carbocycles. The number of thioether (sulfide) groups is 1. The summed E-state index contributed by atoms with van der Waals surface area (Å²) in [5.41, 5.74) is 2.26. The third-order valence-electron chi connectivity index (χ3n) is 5.89. The van der Waals surface area contributed by atoms with Gasteiger partial charge in [0.15, 0.2) is 27.1 Å². The van der Waals surface area contributed by atoms with Crippen molar-refractivity contribution < 1.29 is 27.1 Å². The topological polar surface area (TPSA) is 114 Å². The molecule has 0 amide bonds. The Kier molecular flexibility index (Phi) is 5.69. The summed E-state index contributed by atoms with van der Waals surface area (Å²) < 4.78 is 43.0. The first-order chi connectivity index (χ1) is 15.8. The van der Waals surface area contributed by atoms with E-state index in [0.29, 0.717) is 29.4 Å². The molecule has 0 N–H and O–H groups in total. The number of aryl methyl sites for hydroxylation is 1. The molecule has 2 atom stereocenters. The molecule has 0 aliphatic carbocycles. The number of hydrogen-bond acceptors (Lipinski definition) is 9. The van der Waals surface area contributed by atoms with E-state index in [1.165, 1.54) is 0 Å². The summed E-state index contributed by atoms with van der Waals surface area (Å²) in [5.74, 6) is 1.93. The van der Waals surface area contributed by atoms with Crippen LogP contribution in [0.1, 0.15) is 46.2 Å². The van der Waals surface area contributed by atoms with Gasteiger partial charge in [0.1, 0.15) is 6.61 Å². The van der Waals surface area contributed by atoms with Crippen LogP contribution >= 0.6 is 11.8 Å². The molecular weight excluding hydrogens is 466 g/mol. The minimum absolute atomic E-state index is 0.0777. The largest absolute Gasteiger partial charge is 0.485 e. The zero-order valence-electron chi connectivity index (χ0n) is 18.2. The molecule has 0 bridgehead atoms. The van der Waals surface area contributed by atoms with Crippen molar-refractivity contribution in [2.24, 2.45) is 0 Å². The van der Waals surface area contributed by atoms with Crippen LogP contribution in [-0.4, -0.2) is 52.8 Å². The second-order valence-corrected chi connectivity index (χ2v) is 11.3. The first-order valence-electron chi connectivity index (χ1n) is 10.6. The van der Waals surface area contributed by atoms with Crippen LogP contribution in [0.15, 0.2) is 40.0 Å². The number of sulfone groups is 1. The van der Waals surface area contributed by atoms with Gasteiger partial charge in [-0.2, -0.15) is 0 Å². The molecule has 2 aliphatic heterocycles. The Morgan fingerprint density at radius 2 is 2.00 bits per heavy atom. The molecule has 3 aromatic rings. The third-order valence-corrected chi connectivity index (χ3v) is 8.46. The fraction of sp³-hybridized carbons (Fsp3) is 0.409. The lowest BCUT2D eigenvalue weighted by molar-refractivity contribution is 0.0686. The normalized spacial score (nSPS) is 21.3. The zero-order valence-corrected chi connectivity index (χ0v) is 19.8. The molecule has 0 saturated carbocycles. The van der Waals surface area contributed by atoms with Gasteiger partial charge in [-0.15, -0.1) is 10.2 Å². The number of nitrogens with zero attached hydrogens (tertiary/aromatic N) is 3. The quantitative estimate of drug-likeness (QED) is 0.380. The van der Waals surface area contributed by atoms with Crippen LogP contribution in [0.5, 0.6) is 11.5 Å². The Balaban J connectivity index is 1.24. The number of fused-ring (bicyclic) bond motifs is 1. The van der Waals surface area contributed by atoms with Crippen LogP contribution in [0.3, 0.4) is 0 Å². The van der Waals surface area contributed by atoms with E-state index in [0.717, 1.165) is 23.1 Å². The molecule has 1 fully saturated rings. The van der Waals surface area contributed by atoms with E-state index in [1.807, 2.05) is 48.7 Å². The molecule has 1 saturated heterocycles. The molecule has 33 heavy (non-hydrogen) atoms. The Labute approximate surface area is 195 Å². The lowest BCUT2D eigenvalue weighted by atomic mass is 10.2. The molecule has 5 rings (SSSR count). The number of para-hydroxylation sites is 2. The number of ketones is 1. The van der Waals surface area contributed by atoms with Gasteiger partial charge in [-0.3, -0.25) is 4.79 Å². The fourth-order valence-corrected chi connectivity index (χ4v) is 6.71. The number of carbonyl (C=O) groups excluding carboxylic acids is 1. The van der Waals surface area contributed by atoms with Crippen molar-refractivity contribution in [2.45, 2.75) is 37.6 Å². The van der Waals surface area contributed by atoms with E-state index in [9.17, 15) is 13.2 Å². The Morgan fingerprint density at radius 3 is 2.76 bits per heavy atom. The van der Waals surface area contributed by atoms with E-state index >= 15 is 0 Å². The highest BCUT2D eigenvalue weighted by Crippen LogP contribution is 2.36. The molecule has 0 unspecified atom stereocenters. The van der Waals surface area contributed by atoms with Crippen LogP contribution < -0.4 is 9.47 Å². The number of ether oxygens (including phenoxy) is 2. The standard InChI is InChI=1S/C22H23N3O6S2/c1-13-9-16(14(2)25(13)15-7-8-33(27,28)12-15)17(26)11-32-22-24-23-21(31-22)20-10-29-18-5-3-4-6-19(18)30-20/h3-6,9,15,20H,7-8,10-12H2,1-2H3/t15-,20+/m1/s1. The summed E-state index contributed by atoms with van der Waals surface area (Å²) in [6.45, 7) is 4.01. The van der Waals surface area contributed by atoms with Crippen molar-refractivity contribution in [2.75, 3.05) is 23.9 Å². The van der Waals surface area contributed by atoms with Gasteiger partial charge in [-0.05, 0) is 38.5 Å². The van der Waals surface area contributed by atoms with Gasteiger partial charge in [0.05, 0.1) is 17.3 Å². The minimum Gasteiger partial charge on any atom is -0.485 e. The van der Waals surface area contributed by atoms with Crippen molar-refractivity contribution in [3.05, 3.63) is 53.2 Å².